The monoisotopic (exact) mass is 498 g/mol. The maximum atomic E-state index is 2.41. The zero-order valence-corrected chi connectivity index (χ0v) is 21.7. The third-order valence-corrected chi connectivity index (χ3v) is 8.05. The van der Waals surface area contributed by atoms with Gasteiger partial charge in [-0.25, -0.2) is 0 Å². The van der Waals surface area contributed by atoms with Gasteiger partial charge in [-0.05, 0) is 60.5 Å². The van der Waals surface area contributed by atoms with Crippen LogP contribution in [0.15, 0.2) is 140 Å². The summed E-state index contributed by atoms with van der Waals surface area (Å²) >= 11 is 0. The largest absolute Gasteiger partial charge is 0.309 e. The average molecular weight is 499 g/mol. The lowest BCUT2D eigenvalue weighted by Crippen LogP contribution is -1.99. The number of hydrogen-bond acceptors (Lipinski definition) is 0. The highest BCUT2D eigenvalue weighted by atomic mass is 15.0. The highest BCUT2D eigenvalue weighted by Crippen LogP contribution is 2.38. The zero-order chi connectivity index (χ0) is 25.9. The van der Waals surface area contributed by atoms with Crippen LogP contribution >= 0.6 is 0 Å². The molecule has 0 aliphatic heterocycles. The van der Waals surface area contributed by atoms with Crippen molar-refractivity contribution < 1.29 is 0 Å². The molecular weight excluding hydrogens is 472 g/mol. The number of nitrogens with zero attached hydrogens (tertiary/aromatic N) is 2. The normalized spacial score (nSPS) is 11.7. The summed E-state index contributed by atoms with van der Waals surface area (Å²) in [7, 11) is 0. The number of rotatable bonds is 3. The second-order valence-corrected chi connectivity index (χ2v) is 10.3. The Kier molecular flexibility index (Phi) is 4.77. The highest BCUT2D eigenvalue weighted by molar-refractivity contribution is 6.10. The molecule has 0 aliphatic rings. The van der Waals surface area contributed by atoms with E-state index in [-0.39, 0.29) is 0 Å². The van der Waals surface area contributed by atoms with Crippen molar-refractivity contribution in [1.29, 1.82) is 0 Å². The zero-order valence-electron chi connectivity index (χ0n) is 21.7. The van der Waals surface area contributed by atoms with Crippen LogP contribution in [-0.4, -0.2) is 9.13 Å². The molecule has 2 aromatic heterocycles. The number of aromatic nitrogens is 2. The van der Waals surface area contributed by atoms with Gasteiger partial charge in [0.2, 0.25) is 0 Å². The summed E-state index contributed by atoms with van der Waals surface area (Å²) in [6, 6.07) is 50.5. The molecule has 2 nitrogen and oxygen atoms in total. The summed E-state index contributed by atoms with van der Waals surface area (Å²) < 4.78 is 4.82. The fourth-order valence-corrected chi connectivity index (χ4v) is 6.35. The fourth-order valence-electron chi connectivity index (χ4n) is 6.35. The number of para-hydroxylation sites is 5. The molecule has 0 N–H and O–H groups in total. The van der Waals surface area contributed by atoms with Gasteiger partial charge in [0.25, 0.3) is 0 Å². The second-order valence-electron chi connectivity index (χ2n) is 10.3. The molecule has 0 saturated carbocycles. The Balaban J connectivity index is 1.35. The maximum absolute atomic E-state index is 2.41. The van der Waals surface area contributed by atoms with Gasteiger partial charge in [0.1, 0.15) is 0 Å². The summed E-state index contributed by atoms with van der Waals surface area (Å²) in [5, 5.41) is 5.13. The quantitative estimate of drug-likeness (QED) is 0.229. The van der Waals surface area contributed by atoms with E-state index in [1.165, 1.54) is 71.7 Å². The van der Waals surface area contributed by atoms with Crippen molar-refractivity contribution in [3.05, 3.63) is 145 Å². The van der Waals surface area contributed by atoms with E-state index < -0.39 is 0 Å². The summed E-state index contributed by atoms with van der Waals surface area (Å²) in [6.45, 7) is 2.23. The van der Waals surface area contributed by atoms with Gasteiger partial charge in [-0.1, -0.05) is 97.1 Å². The van der Waals surface area contributed by atoms with Gasteiger partial charge in [0.05, 0.1) is 27.8 Å². The first kappa shape index (κ1) is 22.0. The first-order valence-electron chi connectivity index (χ1n) is 13.5. The minimum Gasteiger partial charge on any atom is -0.309 e. The Hall–Kier alpha value is -5.08. The molecule has 0 fully saturated rings. The van der Waals surface area contributed by atoms with Crippen LogP contribution in [0.4, 0.5) is 0 Å². The minimum atomic E-state index is 1.19. The fraction of sp³-hybridized carbons (Fsp3) is 0.0270. The predicted octanol–water partition coefficient (Wildman–Crippen LogP) is 9.86. The lowest BCUT2D eigenvalue weighted by Gasteiger charge is -2.16. The summed E-state index contributed by atoms with van der Waals surface area (Å²) in [6.07, 6.45) is 0. The first-order valence-corrected chi connectivity index (χ1v) is 13.5. The molecule has 8 rings (SSSR count). The van der Waals surface area contributed by atoms with E-state index in [1.807, 2.05) is 0 Å². The van der Waals surface area contributed by atoms with E-state index in [9.17, 15) is 0 Å². The highest BCUT2D eigenvalue weighted by Gasteiger charge is 2.17. The molecular formula is C37H26N2. The van der Waals surface area contributed by atoms with Crippen LogP contribution in [0.25, 0.3) is 66.1 Å². The smallest absolute Gasteiger partial charge is 0.0541 e. The van der Waals surface area contributed by atoms with Gasteiger partial charge >= 0.3 is 0 Å². The predicted molar refractivity (Wildman–Crippen MR) is 165 cm³/mol. The van der Waals surface area contributed by atoms with Gasteiger partial charge < -0.3 is 9.13 Å². The number of hydrogen-bond donors (Lipinski definition) is 0. The van der Waals surface area contributed by atoms with Crippen molar-refractivity contribution in [3.8, 4) is 22.5 Å². The molecule has 0 saturated heterocycles. The van der Waals surface area contributed by atoms with Gasteiger partial charge in [-0.15, -0.1) is 0 Å². The van der Waals surface area contributed by atoms with Crippen LogP contribution in [0.1, 0.15) is 5.56 Å². The molecule has 6 aromatic carbocycles. The number of benzene rings is 6. The van der Waals surface area contributed by atoms with Crippen molar-refractivity contribution in [2.45, 2.75) is 6.92 Å². The van der Waals surface area contributed by atoms with Crippen LogP contribution in [0.3, 0.4) is 0 Å². The van der Waals surface area contributed by atoms with E-state index in [0.29, 0.717) is 0 Å². The third-order valence-electron chi connectivity index (χ3n) is 8.05. The van der Waals surface area contributed by atoms with Crippen molar-refractivity contribution in [1.82, 2.24) is 9.13 Å². The van der Waals surface area contributed by atoms with Crippen LogP contribution < -0.4 is 0 Å². The standard InChI is InChI=1S/C37H26N2/c1-25-24-26(22-23-32(25)38-34-18-8-3-13-28(34)29-14-4-9-19-35(29)38)27-12-2-7-17-33(27)39-36-20-10-5-15-30(36)31-16-6-11-21-37(31)39/h2-24H,1H3. The second kappa shape index (κ2) is 8.47. The third kappa shape index (κ3) is 3.22. The molecule has 0 aliphatic carbocycles. The summed E-state index contributed by atoms with van der Waals surface area (Å²) in [5.74, 6) is 0. The van der Waals surface area contributed by atoms with Crippen LogP contribution in [0, 0.1) is 6.92 Å². The van der Waals surface area contributed by atoms with Gasteiger partial charge in [0.15, 0.2) is 0 Å². The lowest BCUT2D eigenvalue weighted by molar-refractivity contribution is 1.15. The maximum Gasteiger partial charge on any atom is 0.0541 e. The summed E-state index contributed by atoms with van der Waals surface area (Å²) in [4.78, 5) is 0. The van der Waals surface area contributed by atoms with Gasteiger partial charge in [-0.2, -0.15) is 0 Å². The topological polar surface area (TPSA) is 9.86 Å². The molecule has 2 heteroatoms. The minimum absolute atomic E-state index is 1.19. The lowest BCUT2D eigenvalue weighted by atomic mass is 10.00. The molecule has 0 radical (unpaired) electrons. The average Bonchev–Trinajstić information content (AvgIpc) is 3.50. The van der Waals surface area contributed by atoms with E-state index in [2.05, 4.69) is 156 Å². The Morgan fingerprint density at radius 3 is 1.28 bits per heavy atom. The summed E-state index contributed by atoms with van der Waals surface area (Å²) in [5.41, 5.74) is 11.0. The van der Waals surface area contributed by atoms with E-state index in [1.54, 1.807) is 0 Å². The number of fused-ring (bicyclic) bond motifs is 6. The first-order chi connectivity index (χ1) is 19.3. The molecule has 39 heavy (non-hydrogen) atoms. The van der Waals surface area contributed by atoms with Gasteiger partial charge in [-0.3, -0.25) is 0 Å². The SMILES string of the molecule is Cc1cc(-c2ccccc2-n2c3ccccc3c3ccccc32)ccc1-n1c2ccccc2c2ccccc21. The van der Waals surface area contributed by atoms with Crippen molar-refractivity contribution >= 4 is 43.6 Å². The Bertz CT molecular complexity index is 2090. The van der Waals surface area contributed by atoms with E-state index in [4.69, 9.17) is 0 Å². The molecule has 2 heterocycles. The van der Waals surface area contributed by atoms with Crippen molar-refractivity contribution in [3.63, 3.8) is 0 Å². The molecule has 0 spiro atoms. The molecule has 184 valence electrons. The van der Waals surface area contributed by atoms with E-state index >= 15 is 0 Å². The molecule has 0 unspecified atom stereocenters. The Labute approximate surface area is 227 Å². The van der Waals surface area contributed by atoms with Crippen molar-refractivity contribution in [2.24, 2.45) is 0 Å². The van der Waals surface area contributed by atoms with Crippen LogP contribution in [0.5, 0.6) is 0 Å². The molecule has 0 bridgehead atoms. The van der Waals surface area contributed by atoms with Crippen molar-refractivity contribution in [2.75, 3.05) is 0 Å². The van der Waals surface area contributed by atoms with E-state index in [0.717, 1.165) is 0 Å². The van der Waals surface area contributed by atoms with Crippen LogP contribution in [-0.2, 0) is 0 Å². The Morgan fingerprint density at radius 1 is 0.385 bits per heavy atom. The van der Waals surface area contributed by atoms with Gasteiger partial charge in [0, 0.05) is 32.8 Å². The van der Waals surface area contributed by atoms with Crippen LogP contribution in [0.2, 0.25) is 0 Å². The number of aryl methyl sites for hydroxylation is 1. The Morgan fingerprint density at radius 2 is 0.795 bits per heavy atom. The molecule has 0 atom stereocenters. The molecule has 0 amide bonds. The molecule has 8 aromatic rings.